The Morgan fingerprint density at radius 1 is 0.935 bits per heavy atom. The van der Waals surface area contributed by atoms with E-state index in [-0.39, 0.29) is 16.5 Å². The van der Waals surface area contributed by atoms with Crippen LogP contribution in [0, 0.1) is 0 Å². The minimum absolute atomic E-state index is 0.0828. The smallest absolute Gasteiger partial charge is 0.343 e. The van der Waals surface area contributed by atoms with E-state index in [1.165, 1.54) is 27.6 Å². The summed E-state index contributed by atoms with van der Waals surface area (Å²) in [6, 6.07) is 19.1. The molecule has 31 heavy (non-hydrogen) atoms. The second-order valence-electron chi connectivity index (χ2n) is 8.18. The van der Waals surface area contributed by atoms with Gasteiger partial charge in [-0.15, -0.1) is 0 Å². The molecular weight excluding hydrogens is 410 g/mol. The minimum atomic E-state index is -3.81. The van der Waals surface area contributed by atoms with E-state index in [1.807, 2.05) is 43.3 Å². The Balaban J connectivity index is 1.43. The average Bonchev–Trinajstić information content (AvgIpc) is 3.36. The van der Waals surface area contributed by atoms with E-state index in [2.05, 4.69) is 0 Å². The fourth-order valence-electron chi connectivity index (χ4n) is 4.58. The van der Waals surface area contributed by atoms with Gasteiger partial charge in [-0.2, -0.15) is 0 Å². The van der Waals surface area contributed by atoms with Crippen molar-refractivity contribution in [2.45, 2.75) is 43.5 Å². The molecule has 0 saturated heterocycles. The number of ether oxygens (including phenoxy) is 1. The van der Waals surface area contributed by atoms with Gasteiger partial charge < -0.3 is 4.74 Å². The fraction of sp³-hybridized carbons (Fsp3) is 0.240. The van der Waals surface area contributed by atoms with Crippen LogP contribution in [0.5, 0.6) is 5.75 Å². The van der Waals surface area contributed by atoms with Crippen molar-refractivity contribution in [3.63, 3.8) is 0 Å². The third kappa shape index (κ3) is 3.51. The predicted molar refractivity (Wildman–Crippen MR) is 119 cm³/mol. The molecule has 1 atom stereocenters. The van der Waals surface area contributed by atoms with Crippen LogP contribution in [0.2, 0.25) is 0 Å². The number of fused-ring (bicyclic) bond motifs is 2. The van der Waals surface area contributed by atoms with Gasteiger partial charge in [0, 0.05) is 6.04 Å². The summed E-state index contributed by atoms with van der Waals surface area (Å²) in [7, 11) is -3.81. The standard InChI is InChI=1S/C25H23NO4S/c1-17-14-20-6-2-3-11-24(20)26(17)31(28,29)23-10-5-9-21(16-23)25(27)30-22-13-12-18-7-4-8-19(18)15-22/h2-3,5-6,9-13,15-17H,4,7-8,14H2,1H3. The largest absolute Gasteiger partial charge is 0.423 e. The summed E-state index contributed by atoms with van der Waals surface area (Å²) in [6.07, 6.45) is 3.83. The van der Waals surface area contributed by atoms with Crippen molar-refractivity contribution in [3.05, 3.63) is 89.0 Å². The Bertz CT molecular complexity index is 1280. The topological polar surface area (TPSA) is 63.7 Å². The van der Waals surface area contributed by atoms with Gasteiger partial charge in [0.2, 0.25) is 0 Å². The molecule has 0 radical (unpaired) electrons. The maximum absolute atomic E-state index is 13.4. The van der Waals surface area contributed by atoms with Crippen molar-refractivity contribution < 1.29 is 17.9 Å². The normalized spacial score (nSPS) is 17.3. The van der Waals surface area contributed by atoms with Gasteiger partial charge in [0.25, 0.3) is 10.0 Å². The summed E-state index contributed by atoms with van der Waals surface area (Å²) in [6.45, 7) is 1.89. The number of benzene rings is 3. The number of nitrogens with zero attached hydrogens (tertiary/aromatic N) is 1. The molecule has 0 saturated carbocycles. The second kappa shape index (κ2) is 7.54. The van der Waals surface area contributed by atoms with Crippen molar-refractivity contribution >= 4 is 21.7 Å². The fourth-order valence-corrected chi connectivity index (χ4v) is 6.32. The molecule has 1 aliphatic heterocycles. The summed E-state index contributed by atoms with van der Waals surface area (Å²) in [4.78, 5) is 12.8. The summed E-state index contributed by atoms with van der Waals surface area (Å²) < 4.78 is 33.9. The van der Waals surface area contributed by atoms with E-state index in [9.17, 15) is 13.2 Å². The number of rotatable bonds is 4. The van der Waals surface area contributed by atoms with Crippen molar-refractivity contribution in [1.82, 2.24) is 0 Å². The van der Waals surface area contributed by atoms with Gasteiger partial charge in [0.1, 0.15) is 5.75 Å². The van der Waals surface area contributed by atoms with Gasteiger partial charge in [0.15, 0.2) is 0 Å². The number of hydrogen-bond donors (Lipinski definition) is 0. The van der Waals surface area contributed by atoms with Crippen LogP contribution >= 0.6 is 0 Å². The van der Waals surface area contributed by atoms with Gasteiger partial charge >= 0.3 is 5.97 Å². The zero-order chi connectivity index (χ0) is 21.6. The predicted octanol–water partition coefficient (Wildman–Crippen LogP) is 4.53. The zero-order valence-corrected chi connectivity index (χ0v) is 18.1. The molecule has 0 bridgehead atoms. The first kappa shape index (κ1) is 19.8. The Morgan fingerprint density at radius 3 is 2.61 bits per heavy atom. The first-order valence-corrected chi connectivity index (χ1v) is 11.9. The molecule has 1 aliphatic carbocycles. The highest BCUT2D eigenvalue weighted by Gasteiger charge is 2.36. The number of hydrogen-bond acceptors (Lipinski definition) is 4. The van der Waals surface area contributed by atoms with Crippen LogP contribution in [0.3, 0.4) is 0 Å². The molecule has 158 valence electrons. The molecule has 3 aromatic carbocycles. The van der Waals surface area contributed by atoms with Crippen LogP contribution in [0.1, 0.15) is 40.4 Å². The third-order valence-corrected chi connectivity index (χ3v) is 7.98. The Labute approximate surface area is 182 Å². The first-order chi connectivity index (χ1) is 14.9. The van der Waals surface area contributed by atoms with Crippen molar-refractivity contribution in [1.29, 1.82) is 0 Å². The second-order valence-corrected chi connectivity index (χ2v) is 10.00. The lowest BCUT2D eigenvalue weighted by Crippen LogP contribution is -2.35. The highest BCUT2D eigenvalue weighted by molar-refractivity contribution is 7.92. The first-order valence-electron chi connectivity index (χ1n) is 10.5. The summed E-state index contributed by atoms with van der Waals surface area (Å²) in [5, 5.41) is 0. The van der Waals surface area contributed by atoms with Crippen LogP contribution in [-0.2, 0) is 29.3 Å². The van der Waals surface area contributed by atoms with Crippen molar-refractivity contribution in [2.24, 2.45) is 0 Å². The SMILES string of the molecule is CC1Cc2ccccc2N1S(=O)(=O)c1cccc(C(=O)Oc2ccc3c(c2)CCC3)c1. The van der Waals surface area contributed by atoms with E-state index < -0.39 is 16.0 Å². The van der Waals surface area contributed by atoms with E-state index >= 15 is 0 Å². The Hall–Kier alpha value is -3.12. The van der Waals surface area contributed by atoms with Crippen molar-refractivity contribution in [2.75, 3.05) is 4.31 Å². The molecule has 0 fully saturated rings. The highest BCUT2D eigenvalue weighted by Crippen LogP contribution is 2.36. The molecule has 6 heteroatoms. The third-order valence-electron chi connectivity index (χ3n) is 6.05. The Kier molecular flexibility index (Phi) is 4.82. The number of carbonyl (C=O) groups excluding carboxylic acids is 1. The lowest BCUT2D eigenvalue weighted by molar-refractivity contribution is 0.0734. The molecule has 0 N–H and O–H groups in total. The van der Waals surface area contributed by atoms with Gasteiger partial charge in [-0.05, 0) is 85.7 Å². The van der Waals surface area contributed by atoms with Crippen LogP contribution in [0.25, 0.3) is 0 Å². The molecule has 0 spiro atoms. The molecule has 0 amide bonds. The number of sulfonamides is 1. The molecule has 1 unspecified atom stereocenters. The zero-order valence-electron chi connectivity index (χ0n) is 17.2. The number of aryl methyl sites for hydroxylation is 2. The lowest BCUT2D eigenvalue weighted by atomic mass is 10.1. The number of esters is 1. The molecule has 5 nitrogen and oxygen atoms in total. The summed E-state index contributed by atoms with van der Waals surface area (Å²) >= 11 is 0. The molecule has 1 heterocycles. The number of anilines is 1. The quantitative estimate of drug-likeness (QED) is 0.448. The highest BCUT2D eigenvalue weighted by atomic mass is 32.2. The summed E-state index contributed by atoms with van der Waals surface area (Å²) in [5.41, 5.74) is 4.42. The minimum Gasteiger partial charge on any atom is -0.423 e. The monoisotopic (exact) mass is 433 g/mol. The molecule has 3 aromatic rings. The van der Waals surface area contributed by atoms with E-state index in [0.717, 1.165) is 24.8 Å². The van der Waals surface area contributed by atoms with Gasteiger partial charge in [0.05, 0.1) is 16.1 Å². The van der Waals surface area contributed by atoms with E-state index in [4.69, 9.17) is 4.74 Å². The van der Waals surface area contributed by atoms with Crippen LogP contribution in [0.4, 0.5) is 5.69 Å². The van der Waals surface area contributed by atoms with Crippen molar-refractivity contribution in [3.8, 4) is 5.75 Å². The molecule has 5 rings (SSSR count). The van der Waals surface area contributed by atoms with Crippen LogP contribution < -0.4 is 9.04 Å². The molecule has 0 aromatic heterocycles. The van der Waals surface area contributed by atoms with Gasteiger partial charge in [-0.25, -0.2) is 13.2 Å². The average molecular weight is 434 g/mol. The Morgan fingerprint density at radius 2 is 1.74 bits per heavy atom. The maximum Gasteiger partial charge on any atom is 0.343 e. The number of carbonyl (C=O) groups is 1. The maximum atomic E-state index is 13.4. The summed E-state index contributed by atoms with van der Waals surface area (Å²) in [5.74, 6) is -0.0779. The van der Waals surface area contributed by atoms with Crippen LogP contribution in [-0.4, -0.2) is 20.4 Å². The molecular formula is C25H23NO4S. The lowest BCUT2D eigenvalue weighted by Gasteiger charge is -2.24. The molecule has 2 aliphatic rings. The van der Waals surface area contributed by atoms with Gasteiger partial charge in [-0.3, -0.25) is 4.31 Å². The van der Waals surface area contributed by atoms with E-state index in [0.29, 0.717) is 17.9 Å². The number of para-hydroxylation sites is 1. The van der Waals surface area contributed by atoms with Gasteiger partial charge in [-0.1, -0.05) is 30.3 Å². The van der Waals surface area contributed by atoms with Crippen LogP contribution in [0.15, 0.2) is 71.6 Å². The van der Waals surface area contributed by atoms with E-state index in [1.54, 1.807) is 18.2 Å².